The van der Waals surface area contributed by atoms with Gasteiger partial charge in [0.15, 0.2) is 11.5 Å². The Bertz CT molecular complexity index is 603. The number of nitrogens with zero attached hydrogens (tertiary/aromatic N) is 3. The van der Waals surface area contributed by atoms with Crippen LogP contribution in [0.1, 0.15) is 43.7 Å². The molecule has 3 heterocycles. The third-order valence-electron chi connectivity index (χ3n) is 4.38. The Morgan fingerprint density at radius 3 is 3.15 bits per heavy atom. The number of hydrogen-bond donors (Lipinski definition) is 1. The number of likely N-dealkylation sites (tertiary alicyclic amines) is 1. The van der Waals surface area contributed by atoms with Crippen molar-refractivity contribution in [3.8, 4) is 0 Å². The molecule has 0 bridgehead atoms. The van der Waals surface area contributed by atoms with Crippen molar-refractivity contribution in [1.29, 1.82) is 0 Å². The van der Waals surface area contributed by atoms with Gasteiger partial charge in [0, 0.05) is 19.3 Å². The lowest BCUT2D eigenvalue weighted by molar-refractivity contribution is 0.0532. The van der Waals surface area contributed by atoms with Crippen LogP contribution in [0.3, 0.4) is 0 Å². The summed E-state index contributed by atoms with van der Waals surface area (Å²) in [7, 11) is 0. The minimum absolute atomic E-state index is 0.0117. The molecule has 1 amide bonds. The molecule has 0 saturated carbocycles. The monoisotopic (exact) mass is 272 g/mol. The van der Waals surface area contributed by atoms with Crippen LogP contribution in [0.4, 0.5) is 0 Å². The summed E-state index contributed by atoms with van der Waals surface area (Å²) in [6, 6.07) is 3.72. The normalized spacial score (nSPS) is 23.2. The fourth-order valence-corrected chi connectivity index (χ4v) is 2.87. The van der Waals surface area contributed by atoms with Crippen LogP contribution in [0.5, 0.6) is 0 Å². The van der Waals surface area contributed by atoms with Crippen LogP contribution in [0.2, 0.25) is 0 Å². The second kappa shape index (κ2) is 4.89. The average Bonchev–Trinajstić information content (AvgIpc) is 2.90. The summed E-state index contributed by atoms with van der Waals surface area (Å²) in [6.07, 6.45) is 5.04. The van der Waals surface area contributed by atoms with Crippen LogP contribution in [-0.2, 0) is 0 Å². The zero-order valence-corrected chi connectivity index (χ0v) is 12.0. The first-order chi connectivity index (χ1) is 9.61. The molecular weight excluding hydrogens is 252 g/mol. The first-order valence-electron chi connectivity index (χ1n) is 7.21. The Morgan fingerprint density at radius 1 is 1.55 bits per heavy atom. The van der Waals surface area contributed by atoms with Crippen LogP contribution in [0, 0.1) is 5.41 Å². The van der Waals surface area contributed by atoms with Crippen molar-refractivity contribution in [2.45, 2.75) is 33.1 Å². The molecule has 1 saturated heterocycles. The summed E-state index contributed by atoms with van der Waals surface area (Å²) in [5.41, 5.74) is 1.65. The summed E-state index contributed by atoms with van der Waals surface area (Å²) in [5.74, 6) is 0.390. The summed E-state index contributed by atoms with van der Waals surface area (Å²) in [6.45, 7) is 6.08. The van der Waals surface area contributed by atoms with Crippen LogP contribution in [0.15, 0.2) is 18.3 Å². The van der Waals surface area contributed by atoms with E-state index in [9.17, 15) is 4.79 Å². The molecule has 1 fully saturated rings. The Balaban J connectivity index is 1.84. The van der Waals surface area contributed by atoms with Gasteiger partial charge in [-0.05, 0) is 36.8 Å². The summed E-state index contributed by atoms with van der Waals surface area (Å²) in [4.78, 5) is 26.0. The predicted molar refractivity (Wildman–Crippen MR) is 77.4 cm³/mol. The second-order valence-corrected chi connectivity index (χ2v) is 5.95. The first kappa shape index (κ1) is 13.1. The fraction of sp³-hybridized carbons (Fsp3) is 0.533. The number of nitrogens with one attached hydrogen (secondary N) is 1. The largest absolute Gasteiger partial charge is 0.335 e. The number of rotatable bonds is 2. The van der Waals surface area contributed by atoms with Crippen LogP contribution in [0.25, 0.3) is 11.2 Å². The molecule has 0 aliphatic carbocycles. The molecule has 1 atom stereocenters. The molecule has 3 rings (SSSR count). The van der Waals surface area contributed by atoms with Gasteiger partial charge in [0.25, 0.3) is 5.91 Å². The molecule has 1 N–H and O–H groups in total. The molecule has 0 spiro atoms. The quantitative estimate of drug-likeness (QED) is 0.914. The lowest BCUT2D eigenvalue weighted by Crippen LogP contribution is -2.44. The number of aromatic amines is 1. The minimum atomic E-state index is -0.0117. The maximum absolute atomic E-state index is 12.6. The van der Waals surface area contributed by atoms with Gasteiger partial charge in [0.2, 0.25) is 0 Å². The molecule has 5 heteroatoms. The van der Waals surface area contributed by atoms with Crippen molar-refractivity contribution in [3.63, 3.8) is 0 Å². The highest BCUT2D eigenvalue weighted by Gasteiger charge is 2.32. The molecule has 1 aliphatic heterocycles. The lowest BCUT2D eigenvalue weighted by atomic mass is 9.79. The van der Waals surface area contributed by atoms with Crippen molar-refractivity contribution in [2.24, 2.45) is 5.41 Å². The smallest absolute Gasteiger partial charge is 0.289 e. The maximum Gasteiger partial charge on any atom is 0.289 e. The number of hydrogen-bond acceptors (Lipinski definition) is 3. The number of carbonyl (C=O) groups is 1. The molecule has 2 aromatic heterocycles. The summed E-state index contributed by atoms with van der Waals surface area (Å²) < 4.78 is 0. The fourth-order valence-electron chi connectivity index (χ4n) is 2.87. The molecule has 0 radical (unpaired) electrons. The topological polar surface area (TPSA) is 61.9 Å². The predicted octanol–water partition coefficient (Wildman–Crippen LogP) is 2.61. The van der Waals surface area contributed by atoms with E-state index < -0.39 is 0 Å². The van der Waals surface area contributed by atoms with Gasteiger partial charge >= 0.3 is 0 Å². The van der Waals surface area contributed by atoms with Gasteiger partial charge in [0.05, 0.1) is 5.52 Å². The lowest BCUT2D eigenvalue weighted by Gasteiger charge is -2.39. The van der Waals surface area contributed by atoms with Crippen molar-refractivity contribution in [1.82, 2.24) is 19.9 Å². The van der Waals surface area contributed by atoms with E-state index in [1.807, 2.05) is 17.0 Å². The molecular formula is C15H20N4O. The van der Waals surface area contributed by atoms with Crippen molar-refractivity contribution in [3.05, 3.63) is 24.2 Å². The molecule has 0 aromatic carbocycles. The number of H-pyrrole nitrogens is 1. The number of aromatic nitrogens is 3. The molecule has 0 unspecified atom stereocenters. The standard InChI is InChI=1S/C15H20N4O/c1-3-15(2)7-5-9-19(10-15)14(20)13-17-11-6-4-8-16-12(11)18-13/h4,6,8H,3,5,7,9-10H2,1-2H3,(H,16,17,18)/t15-/m0/s1. The van der Waals surface area contributed by atoms with Gasteiger partial charge in [-0.1, -0.05) is 13.8 Å². The minimum Gasteiger partial charge on any atom is -0.335 e. The number of carbonyl (C=O) groups excluding carboxylic acids is 1. The number of imidazole rings is 1. The first-order valence-corrected chi connectivity index (χ1v) is 7.21. The van der Waals surface area contributed by atoms with Gasteiger partial charge in [-0.15, -0.1) is 0 Å². The Morgan fingerprint density at radius 2 is 2.40 bits per heavy atom. The SMILES string of the molecule is CC[C@@]1(C)CCCN(C(=O)c2nc3ncccc3[nH]2)C1. The van der Waals surface area contributed by atoms with Crippen molar-refractivity contribution in [2.75, 3.05) is 13.1 Å². The molecule has 5 nitrogen and oxygen atoms in total. The van der Waals surface area contributed by atoms with Crippen molar-refractivity contribution < 1.29 is 4.79 Å². The van der Waals surface area contributed by atoms with E-state index in [4.69, 9.17) is 0 Å². The average molecular weight is 272 g/mol. The number of fused-ring (bicyclic) bond motifs is 1. The Hall–Kier alpha value is -1.91. The summed E-state index contributed by atoms with van der Waals surface area (Å²) in [5, 5.41) is 0. The highest BCUT2D eigenvalue weighted by molar-refractivity contribution is 5.93. The number of pyridine rings is 1. The zero-order valence-electron chi connectivity index (χ0n) is 12.0. The Kier molecular flexibility index (Phi) is 3.20. The number of piperidine rings is 1. The second-order valence-electron chi connectivity index (χ2n) is 5.95. The molecule has 1 aliphatic rings. The number of amides is 1. The Labute approximate surface area is 118 Å². The summed E-state index contributed by atoms with van der Waals surface area (Å²) >= 11 is 0. The van der Waals surface area contributed by atoms with Crippen LogP contribution < -0.4 is 0 Å². The van der Waals surface area contributed by atoms with E-state index in [-0.39, 0.29) is 11.3 Å². The van der Waals surface area contributed by atoms with E-state index in [1.165, 1.54) is 6.42 Å². The van der Waals surface area contributed by atoms with E-state index >= 15 is 0 Å². The van der Waals surface area contributed by atoms with Gasteiger partial charge in [-0.2, -0.15) is 0 Å². The van der Waals surface area contributed by atoms with Crippen molar-refractivity contribution >= 4 is 17.1 Å². The molecule has 106 valence electrons. The van der Waals surface area contributed by atoms with Gasteiger partial charge < -0.3 is 9.88 Å². The maximum atomic E-state index is 12.6. The van der Waals surface area contributed by atoms with Crippen LogP contribution >= 0.6 is 0 Å². The van der Waals surface area contributed by atoms with E-state index in [1.54, 1.807) is 6.20 Å². The molecule has 2 aromatic rings. The van der Waals surface area contributed by atoms with Gasteiger partial charge in [0.1, 0.15) is 0 Å². The van der Waals surface area contributed by atoms with E-state index in [0.717, 1.165) is 31.4 Å². The van der Waals surface area contributed by atoms with E-state index in [2.05, 4.69) is 28.8 Å². The highest BCUT2D eigenvalue weighted by atomic mass is 16.2. The molecule has 20 heavy (non-hydrogen) atoms. The zero-order chi connectivity index (χ0) is 14.2. The van der Waals surface area contributed by atoms with Gasteiger partial charge in [-0.25, -0.2) is 9.97 Å². The van der Waals surface area contributed by atoms with Crippen LogP contribution in [-0.4, -0.2) is 38.8 Å². The third-order valence-corrected chi connectivity index (χ3v) is 4.38. The van der Waals surface area contributed by atoms with E-state index in [0.29, 0.717) is 11.5 Å². The third kappa shape index (κ3) is 2.28. The van der Waals surface area contributed by atoms with Gasteiger partial charge in [-0.3, -0.25) is 4.79 Å². The highest BCUT2D eigenvalue weighted by Crippen LogP contribution is 2.32.